The second-order valence-corrected chi connectivity index (χ2v) is 4.30. The fourth-order valence-corrected chi connectivity index (χ4v) is 1.66. The molecule has 2 N–H and O–H groups in total. The molecule has 0 aromatic heterocycles. The molecule has 0 spiro atoms. The lowest BCUT2D eigenvalue weighted by Crippen LogP contribution is -2.00. The van der Waals surface area contributed by atoms with Crippen molar-refractivity contribution in [3.8, 4) is 0 Å². The monoisotopic (exact) mass is 261 g/mol. The Morgan fingerprint density at radius 2 is 1.67 bits per heavy atom. The van der Waals surface area contributed by atoms with Crippen LogP contribution in [0, 0.1) is 0 Å². The first-order valence-corrected chi connectivity index (χ1v) is 5.84. The number of benzene rings is 2. The van der Waals surface area contributed by atoms with Crippen LogP contribution in [0.1, 0.15) is 15.9 Å². The summed E-state index contributed by atoms with van der Waals surface area (Å²) in [7, 11) is 0. The zero-order valence-electron chi connectivity index (χ0n) is 9.56. The summed E-state index contributed by atoms with van der Waals surface area (Å²) in [6, 6.07) is 14.2. The summed E-state index contributed by atoms with van der Waals surface area (Å²) in [5, 5.41) is 12.7. The average Bonchev–Trinajstić information content (AvgIpc) is 2.38. The van der Waals surface area contributed by atoms with Crippen molar-refractivity contribution >= 4 is 23.3 Å². The predicted octanol–water partition coefficient (Wildman–Crippen LogP) is 3.65. The lowest BCUT2D eigenvalue weighted by atomic mass is 10.2. The second kappa shape index (κ2) is 5.56. The quantitative estimate of drug-likeness (QED) is 0.883. The maximum Gasteiger partial charge on any atom is 0.335 e. The van der Waals surface area contributed by atoms with E-state index in [1.807, 2.05) is 24.3 Å². The summed E-state index contributed by atoms with van der Waals surface area (Å²) in [5.74, 6) is -0.917. The van der Waals surface area contributed by atoms with Gasteiger partial charge >= 0.3 is 5.97 Å². The summed E-state index contributed by atoms with van der Waals surface area (Å²) < 4.78 is 0. The van der Waals surface area contributed by atoms with Crippen molar-refractivity contribution in [3.63, 3.8) is 0 Å². The highest BCUT2D eigenvalue weighted by molar-refractivity contribution is 6.30. The second-order valence-electron chi connectivity index (χ2n) is 3.86. The zero-order valence-corrected chi connectivity index (χ0v) is 10.3. The molecule has 0 aliphatic heterocycles. The van der Waals surface area contributed by atoms with Crippen molar-refractivity contribution in [2.75, 3.05) is 5.32 Å². The first kappa shape index (κ1) is 12.5. The van der Waals surface area contributed by atoms with Gasteiger partial charge < -0.3 is 10.4 Å². The third kappa shape index (κ3) is 3.25. The van der Waals surface area contributed by atoms with Crippen molar-refractivity contribution in [2.45, 2.75) is 6.54 Å². The molecule has 0 atom stereocenters. The van der Waals surface area contributed by atoms with Gasteiger partial charge in [-0.25, -0.2) is 4.79 Å². The number of rotatable bonds is 4. The molecule has 0 unspecified atom stereocenters. The van der Waals surface area contributed by atoms with E-state index in [0.29, 0.717) is 11.6 Å². The Labute approximate surface area is 110 Å². The summed E-state index contributed by atoms with van der Waals surface area (Å²) >= 11 is 5.80. The zero-order chi connectivity index (χ0) is 13.0. The predicted molar refractivity (Wildman–Crippen MR) is 72.2 cm³/mol. The molecule has 18 heavy (non-hydrogen) atoms. The number of carboxylic acid groups (broad SMARTS) is 1. The Bertz CT molecular complexity index is 535. The van der Waals surface area contributed by atoms with Gasteiger partial charge in [0.2, 0.25) is 0 Å². The van der Waals surface area contributed by atoms with Gasteiger partial charge in [-0.3, -0.25) is 0 Å². The smallest absolute Gasteiger partial charge is 0.335 e. The first-order valence-electron chi connectivity index (χ1n) is 5.47. The van der Waals surface area contributed by atoms with Crippen LogP contribution in [-0.2, 0) is 6.54 Å². The molecule has 0 fully saturated rings. The van der Waals surface area contributed by atoms with Gasteiger partial charge in [-0.05, 0) is 42.0 Å². The van der Waals surface area contributed by atoms with Crippen LogP contribution in [0.25, 0.3) is 0 Å². The van der Waals surface area contributed by atoms with Gasteiger partial charge in [-0.15, -0.1) is 0 Å². The SMILES string of the molecule is O=C(O)c1ccc(NCc2ccc(Cl)cc2)cc1. The molecule has 0 saturated heterocycles. The number of nitrogens with one attached hydrogen (secondary N) is 1. The van der Waals surface area contributed by atoms with E-state index in [2.05, 4.69) is 5.32 Å². The van der Waals surface area contributed by atoms with Gasteiger partial charge in [-0.2, -0.15) is 0 Å². The fourth-order valence-electron chi connectivity index (χ4n) is 1.54. The first-order chi connectivity index (χ1) is 8.65. The molecule has 3 nitrogen and oxygen atoms in total. The van der Waals surface area contributed by atoms with E-state index < -0.39 is 5.97 Å². The van der Waals surface area contributed by atoms with Crippen LogP contribution in [0.4, 0.5) is 5.69 Å². The van der Waals surface area contributed by atoms with E-state index in [1.54, 1.807) is 24.3 Å². The summed E-state index contributed by atoms with van der Waals surface area (Å²) in [6.45, 7) is 0.670. The van der Waals surface area contributed by atoms with Crippen molar-refractivity contribution in [3.05, 3.63) is 64.7 Å². The van der Waals surface area contributed by atoms with E-state index in [-0.39, 0.29) is 5.56 Å². The molecular weight excluding hydrogens is 250 g/mol. The van der Waals surface area contributed by atoms with E-state index in [4.69, 9.17) is 16.7 Å². The summed E-state index contributed by atoms with van der Waals surface area (Å²) in [6.07, 6.45) is 0. The third-order valence-electron chi connectivity index (χ3n) is 2.54. The largest absolute Gasteiger partial charge is 0.478 e. The number of hydrogen-bond donors (Lipinski definition) is 2. The molecule has 0 saturated carbocycles. The number of carbonyl (C=O) groups is 1. The van der Waals surface area contributed by atoms with Gasteiger partial charge in [0, 0.05) is 17.3 Å². The van der Waals surface area contributed by atoms with Crippen molar-refractivity contribution in [1.29, 1.82) is 0 Å². The van der Waals surface area contributed by atoms with Crippen LogP contribution < -0.4 is 5.32 Å². The minimum absolute atomic E-state index is 0.284. The third-order valence-corrected chi connectivity index (χ3v) is 2.79. The van der Waals surface area contributed by atoms with Crippen LogP contribution >= 0.6 is 11.6 Å². The molecule has 2 rings (SSSR count). The molecule has 0 bridgehead atoms. The minimum Gasteiger partial charge on any atom is -0.478 e. The Balaban J connectivity index is 1.97. The number of hydrogen-bond acceptors (Lipinski definition) is 2. The van der Waals surface area contributed by atoms with Crippen molar-refractivity contribution < 1.29 is 9.90 Å². The van der Waals surface area contributed by atoms with Crippen LogP contribution in [0.3, 0.4) is 0 Å². The van der Waals surface area contributed by atoms with Gasteiger partial charge in [-0.1, -0.05) is 23.7 Å². The summed E-state index contributed by atoms with van der Waals surface area (Å²) in [4.78, 5) is 10.7. The highest BCUT2D eigenvalue weighted by Gasteiger charge is 2.01. The highest BCUT2D eigenvalue weighted by atomic mass is 35.5. The fraction of sp³-hybridized carbons (Fsp3) is 0.0714. The number of anilines is 1. The van der Waals surface area contributed by atoms with Gasteiger partial charge in [0.25, 0.3) is 0 Å². The van der Waals surface area contributed by atoms with E-state index >= 15 is 0 Å². The summed E-state index contributed by atoms with van der Waals surface area (Å²) in [5.41, 5.74) is 2.28. The maximum absolute atomic E-state index is 10.7. The molecule has 2 aromatic carbocycles. The van der Waals surface area contributed by atoms with Crippen LogP contribution in [0.2, 0.25) is 5.02 Å². The van der Waals surface area contributed by atoms with Crippen LogP contribution in [0.5, 0.6) is 0 Å². The average molecular weight is 262 g/mol. The highest BCUT2D eigenvalue weighted by Crippen LogP contribution is 2.13. The lowest BCUT2D eigenvalue weighted by molar-refractivity contribution is 0.0697. The van der Waals surface area contributed by atoms with E-state index in [9.17, 15) is 4.79 Å². The van der Waals surface area contributed by atoms with Gasteiger partial charge in [0.05, 0.1) is 5.56 Å². The number of aromatic carboxylic acids is 1. The number of halogens is 1. The molecule has 0 amide bonds. The molecule has 4 heteroatoms. The molecule has 2 aromatic rings. The van der Waals surface area contributed by atoms with Crippen LogP contribution in [0.15, 0.2) is 48.5 Å². The minimum atomic E-state index is -0.917. The molecule has 0 aliphatic carbocycles. The van der Waals surface area contributed by atoms with E-state index in [0.717, 1.165) is 11.3 Å². The Morgan fingerprint density at radius 3 is 2.22 bits per heavy atom. The molecule has 0 aliphatic rings. The molecular formula is C14H12ClNO2. The van der Waals surface area contributed by atoms with Crippen molar-refractivity contribution in [2.24, 2.45) is 0 Å². The molecule has 0 radical (unpaired) electrons. The normalized spacial score (nSPS) is 10.1. The Hall–Kier alpha value is -2.00. The van der Waals surface area contributed by atoms with E-state index in [1.165, 1.54) is 0 Å². The molecule has 0 heterocycles. The topological polar surface area (TPSA) is 49.3 Å². The Kier molecular flexibility index (Phi) is 3.85. The lowest BCUT2D eigenvalue weighted by Gasteiger charge is -2.06. The van der Waals surface area contributed by atoms with Gasteiger partial charge in [0.15, 0.2) is 0 Å². The standard InChI is InChI=1S/C14H12ClNO2/c15-12-5-1-10(2-6-12)9-16-13-7-3-11(4-8-13)14(17)18/h1-8,16H,9H2,(H,17,18). The van der Waals surface area contributed by atoms with Crippen molar-refractivity contribution in [1.82, 2.24) is 0 Å². The van der Waals surface area contributed by atoms with Gasteiger partial charge in [0.1, 0.15) is 0 Å². The number of carboxylic acids is 1. The maximum atomic E-state index is 10.7. The van der Waals surface area contributed by atoms with Crippen LogP contribution in [-0.4, -0.2) is 11.1 Å². The Morgan fingerprint density at radius 1 is 1.06 bits per heavy atom. The molecule has 92 valence electrons.